The van der Waals surface area contributed by atoms with Gasteiger partial charge >= 0.3 is 0 Å². The molecule has 1 unspecified atom stereocenters. The quantitative estimate of drug-likeness (QED) is 0.751. The van der Waals surface area contributed by atoms with Gasteiger partial charge in [0.15, 0.2) is 5.60 Å². The number of nitrogens with two attached hydrogens (primary N) is 2. The van der Waals surface area contributed by atoms with Gasteiger partial charge in [-0.05, 0) is 18.9 Å². The molecule has 1 atom stereocenters. The molecule has 100 valence electrons. The van der Waals surface area contributed by atoms with Crippen LogP contribution in [0.2, 0.25) is 0 Å². The van der Waals surface area contributed by atoms with E-state index >= 15 is 0 Å². The Balaban J connectivity index is 3.04. The lowest BCUT2D eigenvalue weighted by atomic mass is 9.85. The molecule has 0 heterocycles. The highest BCUT2D eigenvalue weighted by molar-refractivity contribution is 5.96. The van der Waals surface area contributed by atoms with Crippen LogP contribution in [-0.4, -0.2) is 24.0 Å². The van der Waals surface area contributed by atoms with Crippen LogP contribution in [0.4, 0.5) is 0 Å². The summed E-state index contributed by atoms with van der Waals surface area (Å²) >= 11 is 0. The van der Waals surface area contributed by atoms with Gasteiger partial charge in [-0.1, -0.05) is 25.5 Å². The highest BCUT2D eigenvalue weighted by Crippen LogP contribution is 2.30. The number of allylic oxidation sites excluding steroid dienone is 2. The van der Waals surface area contributed by atoms with Crippen molar-refractivity contribution in [2.75, 3.05) is 6.61 Å². The molecule has 4 N–H and O–H groups in total. The van der Waals surface area contributed by atoms with E-state index in [1.807, 2.05) is 13.8 Å². The first-order chi connectivity index (χ1) is 8.27. The zero-order valence-corrected chi connectivity index (χ0v) is 11.0. The molecule has 0 aromatic rings. The summed E-state index contributed by atoms with van der Waals surface area (Å²) in [5.41, 5.74) is 10.5. The Kier molecular flexibility index (Phi) is 4.29. The maximum absolute atomic E-state index is 11.7. The van der Waals surface area contributed by atoms with Crippen molar-refractivity contribution in [1.29, 1.82) is 0 Å². The predicted molar refractivity (Wildman–Crippen MR) is 68.4 cm³/mol. The van der Waals surface area contributed by atoms with Gasteiger partial charge in [-0.3, -0.25) is 9.59 Å². The van der Waals surface area contributed by atoms with Gasteiger partial charge in [0.2, 0.25) is 5.91 Å². The maximum atomic E-state index is 11.7. The van der Waals surface area contributed by atoms with Crippen LogP contribution < -0.4 is 11.5 Å². The smallest absolute Gasteiger partial charge is 0.254 e. The molecule has 0 saturated heterocycles. The maximum Gasteiger partial charge on any atom is 0.254 e. The normalized spacial score (nSPS) is 23.6. The van der Waals surface area contributed by atoms with E-state index in [1.165, 1.54) is 0 Å². The molecule has 0 aromatic carbocycles. The number of hydrogen-bond acceptors (Lipinski definition) is 3. The second-order valence-electron chi connectivity index (χ2n) is 5.06. The van der Waals surface area contributed by atoms with Crippen LogP contribution in [0.25, 0.3) is 0 Å². The van der Waals surface area contributed by atoms with E-state index in [1.54, 1.807) is 19.1 Å². The van der Waals surface area contributed by atoms with Crippen molar-refractivity contribution in [1.82, 2.24) is 0 Å². The molecule has 1 rings (SSSR count). The summed E-state index contributed by atoms with van der Waals surface area (Å²) in [5, 5.41) is 0. The SMILES string of the molecule is CC1=CC(OCC(C)C)(C(N)=O)CC(C(N)=O)=C1. The first-order valence-electron chi connectivity index (χ1n) is 5.90. The Morgan fingerprint density at radius 3 is 2.50 bits per heavy atom. The molecule has 18 heavy (non-hydrogen) atoms. The molecule has 0 fully saturated rings. The average molecular weight is 252 g/mol. The molecular weight excluding hydrogens is 232 g/mol. The highest BCUT2D eigenvalue weighted by Gasteiger charge is 2.39. The number of carbonyl (C=O) groups is 2. The molecule has 5 heteroatoms. The zero-order chi connectivity index (χ0) is 13.9. The van der Waals surface area contributed by atoms with Crippen molar-refractivity contribution in [2.24, 2.45) is 17.4 Å². The monoisotopic (exact) mass is 252 g/mol. The number of primary amides is 2. The third kappa shape index (κ3) is 3.20. The minimum Gasteiger partial charge on any atom is -0.367 e. The van der Waals surface area contributed by atoms with Crippen LogP contribution in [0.15, 0.2) is 23.3 Å². The molecule has 2 amide bonds. The largest absolute Gasteiger partial charge is 0.367 e. The number of carbonyl (C=O) groups excluding carboxylic acids is 2. The lowest BCUT2D eigenvalue weighted by molar-refractivity contribution is -0.139. The number of amides is 2. The number of ether oxygens (including phenoxy) is 1. The van der Waals surface area contributed by atoms with Gasteiger partial charge < -0.3 is 16.2 Å². The molecule has 5 nitrogen and oxygen atoms in total. The molecule has 0 radical (unpaired) electrons. The van der Waals surface area contributed by atoms with Crippen LogP contribution in [0.3, 0.4) is 0 Å². The Bertz CT molecular complexity index is 424. The van der Waals surface area contributed by atoms with Gasteiger partial charge in [-0.25, -0.2) is 0 Å². The van der Waals surface area contributed by atoms with Crippen LogP contribution >= 0.6 is 0 Å². The fourth-order valence-electron chi connectivity index (χ4n) is 1.86. The molecule has 0 bridgehead atoms. The van der Waals surface area contributed by atoms with Crippen molar-refractivity contribution in [3.8, 4) is 0 Å². The lowest BCUT2D eigenvalue weighted by Crippen LogP contribution is -2.48. The van der Waals surface area contributed by atoms with E-state index in [0.29, 0.717) is 12.2 Å². The predicted octanol–water partition coefficient (Wildman–Crippen LogP) is 0.645. The lowest BCUT2D eigenvalue weighted by Gasteiger charge is -2.32. The molecule has 0 aromatic heterocycles. The van der Waals surface area contributed by atoms with Gasteiger partial charge in [0.05, 0.1) is 6.61 Å². The topological polar surface area (TPSA) is 95.4 Å². The van der Waals surface area contributed by atoms with Gasteiger partial charge in [-0.2, -0.15) is 0 Å². The molecule has 0 aliphatic heterocycles. The minimum absolute atomic E-state index is 0.0989. The van der Waals surface area contributed by atoms with E-state index in [0.717, 1.165) is 5.57 Å². The number of rotatable bonds is 5. The Labute approximate surface area is 107 Å². The van der Waals surface area contributed by atoms with Crippen molar-refractivity contribution in [2.45, 2.75) is 32.8 Å². The summed E-state index contributed by atoms with van der Waals surface area (Å²) < 4.78 is 5.64. The van der Waals surface area contributed by atoms with Crippen LogP contribution in [0.1, 0.15) is 27.2 Å². The summed E-state index contributed by atoms with van der Waals surface area (Å²) in [4.78, 5) is 22.9. The zero-order valence-electron chi connectivity index (χ0n) is 11.0. The standard InChI is InChI=1S/C13H20N2O3/c1-8(2)7-18-13(12(15)17)5-9(3)4-10(6-13)11(14)16/h4-5,8H,6-7H2,1-3H3,(H2,14,16)(H2,15,17). The molecule has 1 aliphatic carbocycles. The third-order valence-corrected chi connectivity index (χ3v) is 2.72. The van der Waals surface area contributed by atoms with E-state index in [9.17, 15) is 9.59 Å². The van der Waals surface area contributed by atoms with Crippen LogP contribution in [0, 0.1) is 5.92 Å². The van der Waals surface area contributed by atoms with Crippen LogP contribution in [0.5, 0.6) is 0 Å². The van der Waals surface area contributed by atoms with E-state index in [2.05, 4.69) is 0 Å². The van der Waals surface area contributed by atoms with Crippen LogP contribution in [-0.2, 0) is 14.3 Å². The highest BCUT2D eigenvalue weighted by atomic mass is 16.5. The Morgan fingerprint density at radius 1 is 1.44 bits per heavy atom. The van der Waals surface area contributed by atoms with E-state index in [-0.39, 0.29) is 12.3 Å². The fraction of sp³-hybridized carbons (Fsp3) is 0.538. The summed E-state index contributed by atoms with van der Waals surface area (Å²) in [5.74, 6) is -0.895. The van der Waals surface area contributed by atoms with Crippen molar-refractivity contribution < 1.29 is 14.3 Å². The molecular formula is C13H20N2O3. The van der Waals surface area contributed by atoms with Gasteiger partial charge in [0.25, 0.3) is 5.91 Å². The van der Waals surface area contributed by atoms with Gasteiger partial charge in [0, 0.05) is 12.0 Å². The van der Waals surface area contributed by atoms with Crippen molar-refractivity contribution >= 4 is 11.8 Å². The average Bonchev–Trinajstić information content (AvgIpc) is 2.25. The molecule has 0 saturated carbocycles. The summed E-state index contributed by atoms with van der Waals surface area (Å²) in [7, 11) is 0. The Hall–Kier alpha value is -1.62. The summed E-state index contributed by atoms with van der Waals surface area (Å²) in [6, 6.07) is 0. The first-order valence-corrected chi connectivity index (χ1v) is 5.90. The van der Waals surface area contributed by atoms with E-state index < -0.39 is 17.4 Å². The third-order valence-electron chi connectivity index (χ3n) is 2.72. The van der Waals surface area contributed by atoms with Gasteiger partial charge in [0.1, 0.15) is 0 Å². The minimum atomic E-state index is -1.26. The van der Waals surface area contributed by atoms with E-state index in [4.69, 9.17) is 16.2 Å². The first kappa shape index (κ1) is 14.4. The fourth-order valence-corrected chi connectivity index (χ4v) is 1.86. The van der Waals surface area contributed by atoms with Crippen molar-refractivity contribution in [3.63, 3.8) is 0 Å². The summed E-state index contributed by atoms with van der Waals surface area (Å²) in [6.07, 6.45) is 3.41. The molecule has 1 aliphatic rings. The summed E-state index contributed by atoms with van der Waals surface area (Å²) in [6.45, 7) is 6.11. The molecule has 0 spiro atoms. The van der Waals surface area contributed by atoms with Gasteiger partial charge in [-0.15, -0.1) is 0 Å². The second kappa shape index (κ2) is 5.35. The number of hydrogen-bond donors (Lipinski definition) is 2. The Morgan fingerprint density at radius 2 is 2.06 bits per heavy atom. The second-order valence-corrected chi connectivity index (χ2v) is 5.06. The van der Waals surface area contributed by atoms with Crippen molar-refractivity contribution in [3.05, 3.63) is 23.3 Å².